The molecule has 0 radical (unpaired) electrons. The molecule has 1 aromatic carbocycles. The predicted molar refractivity (Wildman–Crippen MR) is 60.7 cm³/mol. The topological polar surface area (TPSA) is 78.9 Å². The first-order valence-corrected chi connectivity index (χ1v) is 5.25. The standard InChI is InChI=1S/C12H11N3O2/c13-5-1-2-12(16)14-7-9-3-4-10-11(6-9)17-8-15-10/h3-4,6,8H,1-2,7H2,(H,14,16). The summed E-state index contributed by atoms with van der Waals surface area (Å²) in [6.45, 7) is 0.431. The Hall–Kier alpha value is -2.35. The smallest absolute Gasteiger partial charge is 0.221 e. The van der Waals surface area contributed by atoms with E-state index in [0.29, 0.717) is 12.1 Å². The van der Waals surface area contributed by atoms with Crippen molar-refractivity contribution in [3.8, 4) is 6.07 Å². The summed E-state index contributed by atoms with van der Waals surface area (Å²) in [6, 6.07) is 7.50. The van der Waals surface area contributed by atoms with E-state index in [1.54, 1.807) is 0 Å². The predicted octanol–water partition coefficient (Wildman–Crippen LogP) is 1.75. The van der Waals surface area contributed by atoms with Crippen molar-refractivity contribution in [3.05, 3.63) is 30.2 Å². The van der Waals surface area contributed by atoms with E-state index in [9.17, 15) is 4.79 Å². The molecule has 0 aliphatic heterocycles. The highest BCUT2D eigenvalue weighted by Crippen LogP contribution is 2.13. The van der Waals surface area contributed by atoms with Gasteiger partial charge in [-0.05, 0) is 17.7 Å². The lowest BCUT2D eigenvalue weighted by atomic mass is 10.2. The number of nitrogens with zero attached hydrogens (tertiary/aromatic N) is 2. The molecule has 0 saturated carbocycles. The van der Waals surface area contributed by atoms with Gasteiger partial charge in [-0.15, -0.1) is 0 Å². The molecule has 0 spiro atoms. The van der Waals surface area contributed by atoms with Crippen LogP contribution in [0.2, 0.25) is 0 Å². The number of carbonyl (C=O) groups is 1. The van der Waals surface area contributed by atoms with Crippen molar-refractivity contribution in [2.24, 2.45) is 0 Å². The van der Waals surface area contributed by atoms with Gasteiger partial charge in [0.2, 0.25) is 5.91 Å². The van der Waals surface area contributed by atoms with Crippen molar-refractivity contribution in [1.82, 2.24) is 10.3 Å². The fourth-order valence-corrected chi connectivity index (χ4v) is 1.47. The van der Waals surface area contributed by atoms with Crippen LogP contribution in [0.1, 0.15) is 18.4 Å². The number of rotatable bonds is 4. The van der Waals surface area contributed by atoms with Gasteiger partial charge in [0.25, 0.3) is 0 Å². The molecule has 0 bridgehead atoms. The highest BCUT2D eigenvalue weighted by Gasteiger charge is 2.03. The Bertz CT molecular complexity index is 568. The monoisotopic (exact) mass is 229 g/mol. The zero-order valence-corrected chi connectivity index (χ0v) is 9.14. The van der Waals surface area contributed by atoms with E-state index in [-0.39, 0.29) is 18.7 Å². The van der Waals surface area contributed by atoms with Crippen LogP contribution < -0.4 is 5.32 Å². The number of nitriles is 1. The quantitative estimate of drug-likeness (QED) is 0.866. The summed E-state index contributed by atoms with van der Waals surface area (Å²) in [5, 5.41) is 11.1. The summed E-state index contributed by atoms with van der Waals surface area (Å²) in [4.78, 5) is 15.3. The van der Waals surface area contributed by atoms with E-state index in [2.05, 4.69) is 10.3 Å². The first-order valence-electron chi connectivity index (χ1n) is 5.25. The van der Waals surface area contributed by atoms with E-state index < -0.39 is 0 Å². The highest BCUT2D eigenvalue weighted by molar-refractivity contribution is 5.76. The number of benzene rings is 1. The molecule has 86 valence electrons. The number of carbonyl (C=O) groups excluding carboxylic acids is 1. The van der Waals surface area contributed by atoms with Gasteiger partial charge < -0.3 is 9.73 Å². The van der Waals surface area contributed by atoms with Gasteiger partial charge in [-0.3, -0.25) is 4.79 Å². The van der Waals surface area contributed by atoms with Gasteiger partial charge in [0.1, 0.15) is 5.52 Å². The SMILES string of the molecule is N#CCCC(=O)NCc1ccc2ncoc2c1. The Morgan fingerprint density at radius 2 is 2.41 bits per heavy atom. The van der Waals surface area contributed by atoms with Crippen LogP contribution in [0.25, 0.3) is 11.1 Å². The summed E-state index contributed by atoms with van der Waals surface area (Å²) in [5.41, 5.74) is 2.44. The maximum atomic E-state index is 11.3. The lowest BCUT2D eigenvalue weighted by Gasteiger charge is -2.03. The zero-order chi connectivity index (χ0) is 12.1. The molecule has 5 heteroatoms. The van der Waals surface area contributed by atoms with E-state index >= 15 is 0 Å². The molecule has 0 aliphatic rings. The van der Waals surface area contributed by atoms with Gasteiger partial charge in [0.05, 0.1) is 6.07 Å². The second-order valence-electron chi connectivity index (χ2n) is 3.59. The third-order valence-corrected chi connectivity index (χ3v) is 2.35. The Morgan fingerprint density at radius 3 is 3.24 bits per heavy atom. The van der Waals surface area contributed by atoms with Crippen molar-refractivity contribution in [2.45, 2.75) is 19.4 Å². The fourth-order valence-electron chi connectivity index (χ4n) is 1.47. The molecule has 0 unspecified atom stereocenters. The van der Waals surface area contributed by atoms with Crippen LogP contribution in [-0.4, -0.2) is 10.9 Å². The van der Waals surface area contributed by atoms with E-state index in [1.807, 2.05) is 24.3 Å². The molecule has 1 heterocycles. The Balaban J connectivity index is 1.94. The second kappa shape index (κ2) is 5.12. The van der Waals surface area contributed by atoms with E-state index in [4.69, 9.17) is 9.68 Å². The van der Waals surface area contributed by atoms with Crippen molar-refractivity contribution >= 4 is 17.0 Å². The van der Waals surface area contributed by atoms with Crippen LogP contribution in [0.15, 0.2) is 29.0 Å². The molecular formula is C12H11N3O2. The van der Waals surface area contributed by atoms with Gasteiger partial charge >= 0.3 is 0 Å². The number of aromatic nitrogens is 1. The normalized spacial score (nSPS) is 10.1. The summed E-state index contributed by atoms with van der Waals surface area (Å²) < 4.78 is 5.16. The minimum Gasteiger partial charge on any atom is -0.443 e. The first-order chi connectivity index (χ1) is 8.29. The van der Waals surface area contributed by atoms with Crippen LogP contribution >= 0.6 is 0 Å². The van der Waals surface area contributed by atoms with Crippen LogP contribution in [0.4, 0.5) is 0 Å². The number of hydrogen-bond donors (Lipinski definition) is 1. The summed E-state index contributed by atoms with van der Waals surface area (Å²) in [7, 11) is 0. The molecular weight excluding hydrogens is 218 g/mol. The molecule has 1 aromatic heterocycles. The van der Waals surface area contributed by atoms with Crippen molar-refractivity contribution in [3.63, 3.8) is 0 Å². The number of amides is 1. The van der Waals surface area contributed by atoms with Crippen LogP contribution in [0.5, 0.6) is 0 Å². The molecule has 5 nitrogen and oxygen atoms in total. The van der Waals surface area contributed by atoms with Gasteiger partial charge in [0, 0.05) is 19.4 Å². The van der Waals surface area contributed by atoms with E-state index in [0.717, 1.165) is 11.1 Å². The van der Waals surface area contributed by atoms with Gasteiger partial charge in [-0.1, -0.05) is 6.07 Å². The highest BCUT2D eigenvalue weighted by atomic mass is 16.3. The number of oxazole rings is 1. The average Bonchev–Trinajstić information content (AvgIpc) is 2.81. The first kappa shape index (κ1) is 11.1. The lowest BCUT2D eigenvalue weighted by molar-refractivity contribution is -0.121. The minimum atomic E-state index is -0.121. The largest absolute Gasteiger partial charge is 0.443 e. The maximum absolute atomic E-state index is 11.3. The summed E-state index contributed by atoms with van der Waals surface area (Å²) in [6.07, 6.45) is 1.87. The summed E-state index contributed by atoms with van der Waals surface area (Å²) >= 11 is 0. The maximum Gasteiger partial charge on any atom is 0.221 e. The van der Waals surface area contributed by atoms with Crippen molar-refractivity contribution in [2.75, 3.05) is 0 Å². The van der Waals surface area contributed by atoms with Crippen LogP contribution in [-0.2, 0) is 11.3 Å². The van der Waals surface area contributed by atoms with Gasteiger partial charge in [-0.25, -0.2) is 4.98 Å². The van der Waals surface area contributed by atoms with Crippen molar-refractivity contribution < 1.29 is 9.21 Å². The number of nitrogens with one attached hydrogen (secondary N) is 1. The van der Waals surface area contributed by atoms with Gasteiger partial charge in [0.15, 0.2) is 12.0 Å². The summed E-state index contributed by atoms with van der Waals surface area (Å²) in [5.74, 6) is -0.121. The zero-order valence-electron chi connectivity index (χ0n) is 9.14. The molecule has 2 aromatic rings. The third-order valence-electron chi connectivity index (χ3n) is 2.35. The van der Waals surface area contributed by atoms with Crippen LogP contribution in [0, 0.1) is 11.3 Å². The molecule has 17 heavy (non-hydrogen) atoms. The Morgan fingerprint density at radius 1 is 1.53 bits per heavy atom. The average molecular weight is 229 g/mol. The Kier molecular flexibility index (Phi) is 3.36. The number of hydrogen-bond acceptors (Lipinski definition) is 4. The molecule has 1 amide bonds. The molecule has 0 saturated heterocycles. The van der Waals surface area contributed by atoms with Gasteiger partial charge in [-0.2, -0.15) is 5.26 Å². The fraction of sp³-hybridized carbons (Fsp3) is 0.250. The molecule has 0 aliphatic carbocycles. The molecule has 2 rings (SSSR count). The third kappa shape index (κ3) is 2.82. The van der Waals surface area contributed by atoms with Crippen LogP contribution in [0.3, 0.4) is 0 Å². The minimum absolute atomic E-state index is 0.121. The second-order valence-corrected chi connectivity index (χ2v) is 3.59. The molecule has 0 atom stereocenters. The lowest BCUT2D eigenvalue weighted by Crippen LogP contribution is -2.22. The number of fused-ring (bicyclic) bond motifs is 1. The molecule has 0 fully saturated rings. The Labute approximate surface area is 98.1 Å². The molecule has 1 N–H and O–H groups in total. The van der Waals surface area contributed by atoms with E-state index in [1.165, 1.54) is 6.39 Å². The van der Waals surface area contributed by atoms with Crippen molar-refractivity contribution in [1.29, 1.82) is 5.26 Å².